The Kier molecular flexibility index (Phi) is 7.99. The van der Waals surface area contributed by atoms with E-state index < -0.39 is 0 Å². The summed E-state index contributed by atoms with van der Waals surface area (Å²) in [5.74, 6) is -0.166. The molecule has 1 rings (SSSR count). The molecule has 6 heteroatoms. The third-order valence-corrected chi connectivity index (χ3v) is 3.72. The van der Waals surface area contributed by atoms with E-state index in [-0.39, 0.29) is 18.2 Å². The van der Waals surface area contributed by atoms with Gasteiger partial charge in [-0.3, -0.25) is 9.59 Å². The Bertz CT molecular complexity index is 547. The van der Waals surface area contributed by atoms with E-state index in [2.05, 4.69) is 11.9 Å². The largest absolute Gasteiger partial charge is 0.356 e. The molecule has 0 aliphatic heterocycles. The first-order chi connectivity index (χ1) is 10.4. The number of nitrogens with zero attached hydrogens (tertiary/aromatic N) is 1. The molecule has 4 nitrogen and oxygen atoms in total. The summed E-state index contributed by atoms with van der Waals surface area (Å²) in [4.78, 5) is 24.7. The highest BCUT2D eigenvalue weighted by molar-refractivity contribution is 6.35. The third-order valence-electron chi connectivity index (χ3n) is 3.14. The van der Waals surface area contributed by atoms with E-state index >= 15 is 0 Å². The fourth-order valence-corrected chi connectivity index (χ4v) is 2.42. The Hall–Kier alpha value is -1.52. The van der Waals surface area contributed by atoms with Gasteiger partial charge in [-0.1, -0.05) is 35.3 Å². The first-order valence-electron chi connectivity index (χ1n) is 7.01. The Morgan fingerprint density at radius 2 is 2.09 bits per heavy atom. The number of rotatable bonds is 8. The normalized spacial score (nSPS) is 10.1. The zero-order valence-electron chi connectivity index (χ0n) is 12.6. The van der Waals surface area contributed by atoms with Crippen LogP contribution in [0.5, 0.6) is 0 Å². The van der Waals surface area contributed by atoms with Gasteiger partial charge >= 0.3 is 0 Å². The van der Waals surface area contributed by atoms with E-state index in [1.165, 1.54) is 6.92 Å². The Balaban J connectivity index is 2.34. The maximum Gasteiger partial charge on any atom is 0.221 e. The van der Waals surface area contributed by atoms with Gasteiger partial charge in [0.1, 0.15) is 0 Å². The highest BCUT2D eigenvalue weighted by Gasteiger charge is 2.09. The lowest BCUT2D eigenvalue weighted by Crippen LogP contribution is -2.34. The fraction of sp³-hybridized carbons (Fsp3) is 0.375. The summed E-state index contributed by atoms with van der Waals surface area (Å²) in [6.45, 7) is 6.39. The number of hydrogen-bond donors (Lipinski definition) is 1. The maximum atomic E-state index is 11.8. The van der Waals surface area contributed by atoms with Crippen molar-refractivity contribution in [3.63, 3.8) is 0 Å². The summed E-state index contributed by atoms with van der Waals surface area (Å²) in [6, 6.07) is 5.29. The second kappa shape index (κ2) is 9.49. The number of halogens is 2. The lowest BCUT2D eigenvalue weighted by molar-refractivity contribution is -0.129. The van der Waals surface area contributed by atoms with Gasteiger partial charge in [0.15, 0.2) is 0 Å². The summed E-state index contributed by atoms with van der Waals surface area (Å²) < 4.78 is 0. The zero-order chi connectivity index (χ0) is 16.5. The van der Waals surface area contributed by atoms with E-state index in [4.69, 9.17) is 23.2 Å². The third kappa shape index (κ3) is 6.50. The molecule has 22 heavy (non-hydrogen) atoms. The Morgan fingerprint density at radius 1 is 1.36 bits per heavy atom. The summed E-state index contributed by atoms with van der Waals surface area (Å²) in [7, 11) is 0. The van der Waals surface area contributed by atoms with Crippen LogP contribution in [0.25, 0.3) is 0 Å². The van der Waals surface area contributed by atoms with Gasteiger partial charge in [-0.15, -0.1) is 6.58 Å². The van der Waals surface area contributed by atoms with Crippen molar-refractivity contribution in [3.05, 3.63) is 46.5 Å². The SMILES string of the molecule is C=CCN(CCC(=O)NCCc1ccc(Cl)cc1Cl)C(C)=O. The monoisotopic (exact) mass is 342 g/mol. The van der Waals surface area contributed by atoms with Crippen molar-refractivity contribution < 1.29 is 9.59 Å². The zero-order valence-corrected chi connectivity index (χ0v) is 14.1. The second-order valence-electron chi connectivity index (χ2n) is 4.84. The molecule has 0 fully saturated rings. The van der Waals surface area contributed by atoms with Gasteiger partial charge in [-0.05, 0) is 24.1 Å². The van der Waals surface area contributed by atoms with Crippen molar-refractivity contribution in [3.8, 4) is 0 Å². The molecule has 0 saturated carbocycles. The number of benzene rings is 1. The Morgan fingerprint density at radius 3 is 2.68 bits per heavy atom. The minimum absolute atomic E-state index is 0.0688. The highest BCUT2D eigenvalue weighted by Crippen LogP contribution is 2.20. The summed E-state index contributed by atoms with van der Waals surface area (Å²) in [6.07, 6.45) is 2.54. The smallest absolute Gasteiger partial charge is 0.221 e. The van der Waals surface area contributed by atoms with Crippen LogP contribution in [0, 0.1) is 0 Å². The molecule has 0 aliphatic rings. The average molecular weight is 343 g/mol. The van der Waals surface area contributed by atoms with E-state index in [1.54, 1.807) is 23.1 Å². The lowest BCUT2D eigenvalue weighted by Gasteiger charge is -2.18. The van der Waals surface area contributed by atoms with Gasteiger partial charge in [0, 0.05) is 43.0 Å². The number of hydrogen-bond acceptors (Lipinski definition) is 2. The predicted octanol–water partition coefficient (Wildman–Crippen LogP) is 3.08. The number of nitrogens with one attached hydrogen (secondary N) is 1. The first-order valence-corrected chi connectivity index (χ1v) is 7.76. The minimum Gasteiger partial charge on any atom is -0.356 e. The highest BCUT2D eigenvalue weighted by atomic mass is 35.5. The van der Waals surface area contributed by atoms with E-state index in [0.29, 0.717) is 36.1 Å². The molecule has 0 spiro atoms. The summed E-state index contributed by atoms with van der Waals surface area (Å²) >= 11 is 11.9. The number of carbonyl (C=O) groups is 2. The quantitative estimate of drug-likeness (QED) is 0.738. The van der Waals surface area contributed by atoms with Crippen molar-refractivity contribution in [1.29, 1.82) is 0 Å². The van der Waals surface area contributed by atoms with Crippen molar-refractivity contribution in [2.24, 2.45) is 0 Å². The van der Waals surface area contributed by atoms with Gasteiger partial charge in [0.05, 0.1) is 0 Å². The molecule has 0 bridgehead atoms. The molecule has 0 unspecified atom stereocenters. The van der Waals surface area contributed by atoms with Crippen LogP contribution in [0.4, 0.5) is 0 Å². The van der Waals surface area contributed by atoms with E-state index in [1.807, 2.05) is 6.07 Å². The van der Waals surface area contributed by atoms with Gasteiger partial charge in [0.2, 0.25) is 11.8 Å². The maximum absolute atomic E-state index is 11.8. The van der Waals surface area contributed by atoms with Crippen molar-refractivity contribution in [1.82, 2.24) is 10.2 Å². The van der Waals surface area contributed by atoms with Crippen LogP contribution in [0.15, 0.2) is 30.9 Å². The molecule has 0 aliphatic carbocycles. The second-order valence-corrected chi connectivity index (χ2v) is 5.68. The Labute approximate surface area is 141 Å². The van der Waals surface area contributed by atoms with Crippen molar-refractivity contribution in [2.45, 2.75) is 19.8 Å². The van der Waals surface area contributed by atoms with Crippen LogP contribution in [-0.2, 0) is 16.0 Å². The molecule has 1 aromatic rings. The molecular weight excluding hydrogens is 323 g/mol. The van der Waals surface area contributed by atoms with Crippen LogP contribution in [0.2, 0.25) is 10.0 Å². The van der Waals surface area contributed by atoms with Crippen molar-refractivity contribution in [2.75, 3.05) is 19.6 Å². The molecule has 1 aromatic carbocycles. The predicted molar refractivity (Wildman–Crippen MR) is 90.2 cm³/mol. The molecular formula is C16H20Cl2N2O2. The summed E-state index contributed by atoms with van der Waals surface area (Å²) in [5.41, 5.74) is 0.934. The van der Waals surface area contributed by atoms with Crippen LogP contribution < -0.4 is 5.32 Å². The molecule has 120 valence electrons. The van der Waals surface area contributed by atoms with Gasteiger partial charge in [-0.2, -0.15) is 0 Å². The average Bonchev–Trinajstić information content (AvgIpc) is 2.45. The molecule has 0 atom stereocenters. The number of carbonyl (C=O) groups excluding carboxylic acids is 2. The van der Waals surface area contributed by atoms with Crippen LogP contribution in [-0.4, -0.2) is 36.3 Å². The molecule has 0 aromatic heterocycles. The number of amides is 2. The molecule has 0 heterocycles. The van der Waals surface area contributed by atoms with Crippen LogP contribution >= 0.6 is 23.2 Å². The fourth-order valence-electron chi connectivity index (χ4n) is 1.92. The standard InChI is InChI=1S/C16H20Cl2N2O2/c1-3-9-20(12(2)21)10-7-16(22)19-8-6-13-4-5-14(17)11-15(13)18/h3-5,11H,1,6-10H2,2H3,(H,19,22). The molecule has 0 radical (unpaired) electrons. The van der Waals surface area contributed by atoms with Gasteiger partial charge in [-0.25, -0.2) is 0 Å². The summed E-state index contributed by atoms with van der Waals surface area (Å²) in [5, 5.41) is 4.00. The van der Waals surface area contributed by atoms with E-state index in [0.717, 1.165) is 5.56 Å². The van der Waals surface area contributed by atoms with Crippen LogP contribution in [0.3, 0.4) is 0 Å². The van der Waals surface area contributed by atoms with Gasteiger partial charge < -0.3 is 10.2 Å². The molecule has 1 N–H and O–H groups in total. The molecule has 0 saturated heterocycles. The van der Waals surface area contributed by atoms with Gasteiger partial charge in [0.25, 0.3) is 0 Å². The first kappa shape index (κ1) is 18.5. The van der Waals surface area contributed by atoms with Crippen molar-refractivity contribution >= 4 is 35.0 Å². The lowest BCUT2D eigenvalue weighted by atomic mass is 10.1. The minimum atomic E-state index is -0.0969. The topological polar surface area (TPSA) is 49.4 Å². The van der Waals surface area contributed by atoms with Crippen LogP contribution in [0.1, 0.15) is 18.9 Å². The van der Waals surface area contributed by atoms with E-state index in [9.17, 15) is 9.59 Å². The molecule has 2 amide bonds.